The summed E-state index contributed by atoms with van der Waals surface area (Å²) in [4.78, 5) is 0. The molecule has 37 heavy (non-hydrogen) atoms. The van der Waals surface area contributed by atoms with Crippen LogP contribution in [0.15, 0.2) is 52.9 Å². The van der Waals surface area contributed by atoms with Gasteiger partial charge >= 0.3 is 0 Å². The third-order valence-corrected chi connectivity index (χ3v) is 8.39. The van der Waals surface area contributed by atoms with Gasteiger partial charge in [-0.25, -0.2) is 13.1 Å². The fourth-order valence-corrected chi connectivity index (χ4v) is 4.38. The molecule has 5 N–H and O–H groups in total. The molecule has 0 aromatic heterocycles. The molecule has 2 aromatic rings. The molecule has 1 heterocycles. The van der Waals surface area contributed by atoms with Gasteiger partial charge in [-0.2, -0.15) is 4.40 Å². The Hall–Kier alpha value is -2.07. The van der Waals surface area contributed by atoms with Crippen LogP contribution in [0.4, 0.5) is 11.4 Å². The number of nitrogens with one attached hydrogen (secondary N) is 1. The molecule has 208 valence electrons. The maximum Gasteiger partial charge on any atom is 0.145 e. The second-order valence-corrected chi connectivity index (χ2v) is 14.7. The predicted molar refractivity (Wildman–Crippen MR) is 161 cm³/mol. The summed E-state index contributed by atoms with van der Waals surface area (Å²) in [5, 5.41) is 0. The van der Waals surface area contributed by atoms with Gasteiger partial charge in [0.2, 0.25) is 0 Å². The molecule has 0 saturated carbocycles. The van der Waals surface area contributed by atoms with Crippen molar-refractivity contribution in [2.24, 2.45) is 4.40 Å². The van der Waals surface area contributed by atoms with Crippen molar-refractivity contribution in [2.75, 3.05) is 24.7 Å². The molecule has 7 nitrogen and oxygen atoms in total. The number of nitrogens with zero attached hydrogens (tertiary/aromatic N) is 1. The van der Waals surface area contributed by atoms with Crippen LogP contribution in [0.2, 0.25) is 0 Å². The summed E-state index contributed by atoms with van der Waals surface area (Å²) in [6, 6.07) is 15.1. The van der Waals surface area contributed by atoms with Gasteiger partial charge in [0.1, 0.15) is 11.0 Å². The zero-order chi connectivity index (χ0) is 28.2. The average molecular weight is 551 g/mol. The molecule has 0 spiro atoms. The smallest absolute Gasteiger partial charge is 0.145 e. The highest BCUT2D eigenvalue weighted by Crippen LogP contribution is 2.21. The fourth-order valence-electron chi connectivity index (χ4n) is 2.95. The van der Waals surface area contributed by atoms with Crippen LogP contribution >= 0.6 is 0 Å². The van der Waals surface area contributed by atoms with Crippen LogP contribution < -0.4 is 16.2 Å². The summed E-state index contributed by atoms with van der Waals surface area (Å²) in [5.41, 5.74) is 15.6. The number of para-hydroxylation sites is 2. The first-order valence-corrected chi connectivity index (χ1v) is 14.8. The van der Waals surface area contributed by atoms with Crippen LogP contribution in [0.3, 0.4) is 0 Å². The topological polar surface area (TPSA) is 120 Å². The normalized spacial score (nSPS) is 16.5. The first-order valence-electron chi connectivity index (χ1n) is 12.6. The minimum atomic E-state index is -1.24. The Morgan fingerprint density at radius 1 is 0.892 bits per heavy atom. The number of ether oxygens (including phenoxy) is 1. The maximum atomic E-state index is 11.9. The number of rotatable bonds is 5. The zero-order valence-electron chi connectivity index (χ0n) is 23.7. The van der Waals surface area contributed by atoms with Gasteiger partial charge in [0.05, 0.1) is 26.2 Å². The minimum absolute atomic E-state index is 0.0127. The Morgan fingerprint density at radius 2 is 1.41 bits per heavy atom. The molecule has 1 fully saturated rings. The van der Waals surface area contributed by atoms with Gasteiger partial charge in [-0.15, -0.1) is 0 Å². The van der Waals surface area contributed by atoms with E-state index in [0.717, 1.165) is 30.0 Å². The van der Waals surface area contributed by atoms with Gasteiger partial charge in [0.25, 0.3) is 0 Å². The fraction of sp³-hybridized carbons (Fsp3) is 0.536. The van der Waals surface area contributed by atoms with Crippen molar-refractivity contribution in [1.82, 2.24) is 4.72 Å². The minimum Gasteiger partial charge on any atom is -0.398 e. The standard InChI is InChI=1S/C12H20N2OS.C12H18N2OS.C4H8O/c2*1-9(14-16(15)12(2,3)4)10-7-5-6-8-11(10)13;1-2-4-5-3-1/h5-9,14H,13H2,1-4H3;5-8H,13H2,1-4H3;1-4H2. The van der Waals surface area contributed by atoms with E-state index < -0.39 is 22.0 Å². The van der Waals surface area contributed by atoms with Crippen molar-refractivity contribution in [3.63, 3.8) is 0 Å². The van der Waals surface area contributed by atoms with Gasteiger partial charge in [0, 0.05) is 36.2 Å². The highest BCUT2D eigenvalue weighted by molar-refractivity contribution is 7.85. The first kappa shape index (κ1) is 33.0. The Kier molecular flexibility index (Phi) is 13.7. The molecule has 0 amide bonds. The molecule has 0 radical (unpaired) electrons. The van der Waals surface area contributed by atoms with E-state index in [4.69, 9.17) is 16.2 Å². The zero-order valence-corrected chi connectivity index (χ0v) is 25.3. The summed E-state index contributed by atoms with van der Waals surface area (Å²) >= 11 is 0. The molecule has 0 bridgehead atoms. The monoisotopic (exact) mass is 550 g/mol. The van der Waals surface area contributed by atoms with Crippen LogP contribution in [0.1, 0.15) is 85.4 Å². The quantitative estimate of drug-likeness (QED) is 0.325. The van der Waals surface area contributed by atoms with Gasteiger partial charge in [0.15, 0.2) is 0 Å². The number of nitrogens with two attached hydrogens (primary N) is 2. The molecule has 1 aliphatic rings. The number of nitrogen functional groups attached to an aromatic ring is 2. The Morgan fingerprint density at radius 3 is 1.84 bits per heavy atom. The van der Waals surface area contributed by atoms with E-state index in [2.05, 4.69) is 9.12 Å². The lowest BCUT2D eigenvalue weighted by atomic mass is 10.1. The molecular formula is C28H46N4O3S2. The summed E-state index contributed by atoms with van der Waals surface area (Å²) in [6.45, 7) is 17.3. The lowest BCUT2D eigenvalue weighted by Crippen LogP contribution is -2.35. The van der Waals surface area contributed by atoms with Crippen molar-refractivity contribution < 1.29 is 13.2 Å². The molecule has 9 heteroatoms. The van der Waals surface area contributed by atoms with E-state index in [1.165, 1.54) is 12.8 Å². The van der Waals surface area contributed by atoms with E-state index in [1.807, 2.05) is 104 Å². The third-order valence-electron chi connectivity index (χ3n) is 5.22. The highest BCUT2D eigenvalue weighted by Gasteiger charge is 2.22. The van der Waals surface area contributed by atoms with E-state index in [-0.39, 0.29) is 15.5 Å². The Bertz CT molecular complexity index is 1050. The number of benzene rings is 2. The number of hydrogen-bond acceptors (Lipinski definition) is 5. The lowest BCUT2D eigenvalue weighted by molar-refractivity contribution is 0.198. The van der Waals surface area contributed by atoms with Gasteiger partial charge in [-0.05, 0) is 85.9 Å². The molecule has 2 aromatic carbocycles. The second-order valence-electron chi connectivity index (χ2n) is 10.8. The van der Waals surface area contributed by atoms with Crippen molar-refractivity contribution in [2.45, 2.75) is 83.8 Å². The van der Waals surface area contributed by atoms with Crippen molar-refractivity contribution in [1.29, 1.82) is 0 Å². The van der Waals surface area contributed by atoms with Crippen LogP contribution in [0.25, 0.3) is 0 Å². The predicted octanol–water partition coefficient (Wildman–Crippen LogP) is 5.72. The van der Waals surface area contributed by atoms with Crippen LogP contribution in [0, 0.1) is 0 Å². The SMILES string of the molecule is C1CCOC1.CC(=NS(=O)C(C)(C)C)c1ccccc1N.CC(NS(=O)C(C)(C)C)c1ccccc1N. The first-order chi connectivity index (χ1) is 17.1. The highest BCUT2D eigenvalue weighted by atomic mass is 32.2. The second kappa shape index (κ2) is 15.4. The third kappa shape index (κ3) is 12.3. The van der Waals surface area contributed by atoms with Gasteiger partial charge in [-0.1, -0.05) is 36.4 Å². The summed E-state index contributed by atoms with van der Waals surface area (Å²) in [6.07, 6.45) is 2.56. The van der Waals surface area contributed by atoms with Crippen molar-refractivity contribution in [3.05, 3.63) is 59.7 Å². The molecule has 0 aliphatic carbocycles. The van der Waals surface area contributed by atoms with Gasteiger partial charge < -0.3 is 16.2 Å². The number of hydrogen-bond donors (Lipinski definition) is 3. The molecule has 1 aliphatic heterocycles. The molecule has 1 saturated heterocycles. The van der Waals surface area contributed by atoms with Crippen LogP contribution in [-0.4, -0.2) is 36.8 Å². The van der Waals surface area contributed by atoms with Gasteiger partial charge in [-0.3, -0.25) is 0 Å². The molecule has 3 atom stereocenters. The summed E-state index contributed by atoms with van der Waals surface area (Å²) < 4.78 is 35.4. The Balaban J connectivity index is 0.000000311. The van der Waals surface area contributed by atoms with E-state index in [1.54, 1.807) is 0 Å². The molecule has 3 unspecified atom stereocenters. The van der Waals surface area contributed by atoms with E-state index >= 15 is 0 Å². The average Bonchev–Trinajstić information content (AvgIpc) is 3.39. The van der Waals surface area contributed by atoms with Crippen LogP contribution in [-0.2, 0) is 26.7 Å². The lowest BCUT2D eigenvalue weighted by Gasteiger charge is -2.22. The van der Waals surface area contributed by atoms with E-state index in [9.17, 15) is 8.42 Å². The summed E-state index contributed by atoms with van der Waals surface area (Å²) in [5.74, 6) is 0. The van der Waals surface area contributed by atoms with E-state index in [0.29, 0.717) is 11.4 Å². The van der Waals surface area contributed by atoms with Crippen molar-refractivity contribution in [3.8, 4) is 0 Å². The summed E-state index contributed by atoms with van der Waals surface area (Å²) in [7, 11) is -2.33. The Labute approximate surface area is 229 Å². The molecular weight excluding hydrogens is 504 g/mol. The maximum absolute atomic E-state index is 11.9. The number of anilines is 2. The van der Waals surface area contributed by atoms with Crippen LogP contribution in [0.5, 0.6) is 0 Å². The van der Waals surface area contributed by atoms with Crippen molar-refractivity contribution >= 4 is 39.1 Å². The largest absolute Gasteiger partial charge is 0.398 e. The molecule has 3 rings (SSSR count).